The summed E-state index contributed by atoms with van der Waals surface area (Å²) in [4.78, 5) is 38.5. The molecule has 1 fully saturated rings. The summed E-state index contributed by atoms with van der Waals surface area (Å²) in [5, 5.41) is 13.6. The number of aryl methyl sites for hydroxylation is 2. The van der Waals surface area contributed by atoms with Crippen LogP contribution < -0.4 is 10.2 Å². The number of benzene rings is 2. The summed E-state index contributed by atoms with van der Waals surface area (Å²) >= 11 is 0. The van der Waals surface area contributed by atoms with Crippen LogP contribution in [0.15, 0.2) is 42.5 Å². The van der Waals surface area contributed by atoms with E-state index in [1.807, 2.05) is 6.07 Å². The van der Waals surface area contributed by atoms with Crippen molar-refractivity contribution in [3.8, 4) is 0 Å². The Balaban J connectivity index is 1.41. The number of nitrogens with one attached hydrogen (secondary N) is 1. The highest BCUT2D eigenvalue weighted by atomic mass is 19.1. The number of aliphatic hydroxyl groups is 1. The molecule has 156 valence electrons. The lowest BCUT2D eigenvalue weighted by molar-refractivity contribution is -0.147. The van der Waals surface area contributed by atoms with Crippen molar-refractivity contribution in [1.82, 2.24) is 0 Å². The molecular formula is C23H23FN2O4. The quantitative estimate of drug-likeness (QED) is 0.717. The molecule has 2 amide bonds. The molecule has 2 N–H and O–H groups in total. The number of halogens is 1. The summed E-state index contributed by atoms with van der Waals surface area (Å²) < 4.78 is 13.3. The number of amides is 2. The second kappa shape index (κ2) is 7.99. The van der Waals surface area contributed by atoms with E-state index >= 15 is 0 Å². The molecule has 0 aliphatic carbocycles. The molecule has 2 aromatic carbocycles. The maximum Gasteiger partial charge on any atom is 0.266 e. The number of fused-ring (bicyclic) bond motifs is 1. The molecular weight excluding hydrogens is 387 g/mol. The van der Waals surface area contributed by atoms with Gasteiger partial charge in [-0.1, -0.05) is 12.1 Å². The van der Waals surface area contributed by atoms with Crippen LogP contribution in [0.1, 0.15) is 36.8 Å². The molecule has 0 bridgehead atoms. The van der Waals surface area contributed by atoms with Crippen molar-refractivity contribution >= 4 is 29.0 Å². The molecule has 1 saturated heterocycles. The second-order valence-corrected chi connectivity index (χ2v) is 7.86. The van der Waals surface area contributed by atoms with E-state index in [9.17, 15) is 23.9 Å². The molecule has 1 atom stereocenters. The molecule has 2 aromatic rings. The highest BCUT2D eigenvalue weighted by Crippen LogP contribution is 2.33. The first-order valence-electron chi connectivity index (χ1n) is 10.1. The van der Waals surface area contributed by atoms with E-state index in [2.05, 4.69) is 5.32 Å². The van der Waals surface area contributed by atoms with Crippen molar-refractivity contribution in [2.75, 3.05) is 16.8 Å². The number of Topliss-reactive ketones (excluding diaryl/α,β-unsaturated/α-hetero) is 1. The topological polar surface area (TPSA) is 86.7 Å². The number of carbonyl (C=O) groups is 3. The van der Waals surface area contributed by atoms with Crippen LogP contribution in [0.25, 0.3) is 0 Å². The molecule has 4 rings (SSSR count). The molecule has 2 heterocycles. The molecule has 7 heteroatoms. The Bertz CT molecular complexity index is 1020. The van der Waals surface area contributed by atoms with Crippen LogP contribution in [0.3, 0.4) is 0 Å². The van der Waals surface area contributed by atoms with Gasteiger partial charge in [0.2, 0.25) is 11.5 Å². The van der Waals surface area contributed by atoms with E-state index in [1.165, 1.54) is 17.0 Å². The first kappa shape index (κ1) is 20.2. The lowest BCUT2D eigenvalue weighted by Crippen LogP contribution is -2.46. The minimum atomic E-state index is -2.02. The highest BCUT2D eigenvalue weighted by molar-refractivity contribution is 6.17. The van der Waals surface area contributed by atoms with Crippen LogP contribution >= 0.6 is 0 Å². The van der Waals surface area contributed by atoms with Crippen molar-refractivity contribution in [2.24, 2.45) is 0 Å². The summed E-state index contributed by atoms with van der Waals surface area (Å²) in [7, 11) is 0. The number of rotatable bonds is 6. The van der Waals surface area contributed by atoms with Gasteiger partial charge in [0.25, 0.3) is 5.91 Å². The Labute approximate surface area is 173 Å². The van der Waals surface area contributed by atoms with Gasteiger partial charge in [-0.25, -0.2) is 4.39 Å². The van der Waals surface area contributed by atoms with Crippen molar-refractivity contribution in [2.45, 2.75) is 44.1 Å². The first-order chi connectivity index (χ1) is 14.4. The average Bonchev–Trinajstić information content (AvgIpc) is 3.03. The monoisotopic (exact) mass is 410 g/mol. The standard InChI is InChI=1S/C23H23FN2O4/c24-17-5-1-3-15(13-17)4-2-6-20(27)23(30)11-12-26(22(23)29)18-8-9-19-16(14-18)7-10-21(28)25-19/h1,3,5,8-9,13-14,30H,2,4,6-7,10-12H2,(H,25,28)/t23-/m0/s1. The van der Waals surface area contributed by atoms with Crippen molar-refractivity contribution < 1.29 is 23.9 Å². The average molecular weight is 410 g/mol. The first-order valence-corrected chi connectivity index (χ1v) is 10.1. The van der Waals surface area contributed by atoms with Crippen LogP contribution in [-0.4, -0.2) is 34.8 Å². The summed E-state index contributed by atoms with van der Waals surface area (Å²) in [6.07, 6.45) is 1.98. The van der Waals surface area contributed by atoms with Crippen molar-refractivity contribution in [1.29, 1.82) is 0 Å². The van der Waals surface area contributed by atoms with Crippen molar-refractivity contribution in [3.05, 3.63) is 59.4 Å². The number of anilines is 2. The predicted octanol–water partition coefficient (Wildman–Crippen LogP) is 2.77. The van der Waals surface area contributed by atoms with Gasteiger partial charge in [-0.15, -0.1) is 0 Å². The Morgan fingerprint density at radius 3 is 2.80 bits per heavy atom. The zero-order chi connectivity index (χ0) is 21.3. The summed E-state index contributed by atoms with van der Waals surface area (Å²) in [5.41, 5.74) is 1.02. The fourth-order valence-electron chi connectivity index (χ4n) is 4.10. The fraction of sp³-hybridized carbons (Fsp3) is 0.348. The normalized spacial score (nSPS) is 20.8. The lowest BCUT2D eigenvalue weighted by atomic mass is 9.92. The van der Waals surface area contributed by atoms with Crippen LogP contribution in [0.4, 0.5) is 15.8 Å². The maximum atomic E-state index is 13.3. The third kappa shape index (κ3) is 3.85. The van der Waals surface area contributed by atoms with E-state index in [0.29, 0.717) is 31.4 Å². The van der Waals surface area contributed by atoms with E-state index in [1.54, 1.807) is 24.3 Å². The molecule has 0 unspecified atom stereocenters. The molecule has 2 aliphatic heterocycles. The van der Waals surface area contributed by atoms with Gasteiger partial charge in [-0.05, 0) is 60.7 Å². The van der Waals surface area contributed by atoms with Crippen LogP contribution in [0, 0.1) is 5.82 Å². The van der Waals surface area contributed by atoms with Crippen LogP contribution in [0.2, 0.25) is 0 Å². The largest absolute Gasteiger partial charge is 0.373 e. The zero-order valence-electron chi connectivity index (χ0n) is 16.5. The molecule has 0 spiro atoms. The van der Waals surface area contributed by atoms with E-state index in [0.717, 1.165) is 16.8 Å². The van der Waals surface area contributed by atoms with E-state index in [4.69, 9.17) is 0 Å². The zero-order valence-corrected chi connectivity index (χ0v) is 16.5. The molecule has 0 radical (unpaired) electrons. The Hall–Kier alpha value is -3.06. The summed E-state index contributed by atoms with van der Waals surface area (Å²) in [6.45, 7) is 0.246. The highest BCUT2D eigenvalue weighted by Gasteiger charge is 2.50. The molecule has 30 heavy (non-hydrogen) atoms. The van der Waals surface area contributed by atoms with Gasteiger partial charge in [0.05, 0.1) is 0 Å². The van der Waals surface area contributed by atoms with E-state index < -0.39 is 17.3 Å². The van der Waals surface area contributed by atoms with Crippen LogP contribution in [0.5, 0.6) is 0 Å². The summed E-state index contributed by atoms with van der Waals surface area (Å²) in [6, 6.07) is 11.5. The maximum absolute atomic E-state index is 13.3. The predicted molar refractivity (Wildman–Crippen MR) is 110 cm³/mol. The summed E-state index contributed by atoms with van der Waals surface area (Å²) in [5.74, 6) is -1.48. The van der Waals surface area contributed by atoms with Gasteiger partial charge in [0, 0.05) is 37.2 Å². The molecule has 0 aromatic heterocycles. The third-order valence-corrected chi connectivity index (χ3v) is 5.81. The molecule has 0 saturated carbocycles. The van der Waals surface area contributed by atoms with Gasteiger partial charge in [0.1, 0.15) is 5.82 Å². The fourth-order valence-corrected chi connectivity index (χ4v) is 4.10. The number of carbonyl (C=O) groups excluding carboxylic acids is 3. The molecule has 2 aliphatic rings. The third-order valence-electron chi connectivity index (χ3n) is 5.81. The second-order valence-electron chi connectivity index (χ2n) is 7.86. The Kier molecular flexibility index (Phi) is 5.39. The van der Waals surface area contributed by atoms with Crippen LogP contribution in [-0.2, 0) is 27.2 Å². The molecule has 6 nitrogen and oxygen atoms in total. The number of hydrogen-bond acceptors (Lipinski definition) is 4. The van der Waals surface area contributed by atoms with Gasteiger partial charge >= 0.3 is 0 Å². The minimum Gasteiger partial charge on any atom is -0.373 e. The minimum absolute atomic E-state index is 0.0364. The van der Waals surface area contributed by atoms with Gasteiger partial charge < -0.3 is 15.3 Å². The van der Waals surface area contributed by atoms with Gasteiger partial charge in [-0.3, -0.25) is 14.4 Å². The Morgan fingerprint density at radius 2 is 2.00 bits per heavy atom. The SMILES string of the molecule is O=C1CCc2cc(N3CC[C@](O)(C(=O)CCCc4cccc(F)c4)C3=O)ccc2N1. The number of ketones is 1. The number of nitrogens with zero attached hydrogens (tertiary/aromatic N) is 1. The van der Waals surface area contributed by atoms with Gasteiger partial charge in [-0.2, -0.15) is 0 Å². The van der Waals surface area contributed by atoms with Crippen molar-refractivity contribution in [3.63, 3.8) is 0 Å². The smallest absolute Gasteiger partial charge is 0.266 e. The van der Waals surface area contributed by atoms with Gasteiger partial charge in [0.15, 0.2) is 5.78 Å². The Morgan fingerprint density at radius 1 is 1.17 bits per heavy atom. The van der Waals surface area contributed by atoms with E-state index in [-0.39, 0.29) is 31.1 Å². The lowest BCUT2D eigenvalue weighted by Gasteiger charge is -2.23. The number of hydrogen-bond donors (Lipinski definition) is 2.